The molecule has 9 heavy (non-hydrogen) atoms. The summed E-state index contributed by atoms with van der Waals surface area (Å²) >= 11 is 0. The first-order chi connectivity index (χ1) is 4.43. The molecule has 0 spiro atoms. The summed E-state index contributed by atoms with van der Waals surface area (Å²) in [5.41, 5.74) is 0. The van der Waals surface area contributed by atoms with Crippen molar-refractivity contribution in [2.24, 2.45) is 0 Å². The molecule has 0 aromatic heterocycles. The van der Waals surface area contributed by atoms with E-state index in [0.29, 0.717) is 0 Å². The molecule has 1 fully saturated rings. The van der Waals surface area contributed by atoms with Gasteiger partial charge in [-0.25, -0.2) is 0 Å². The molecule has 0 amide bonds. The molecule has 1 saturated carbocycles. The highest BCUT2D eigenvalue weighted by Gasteiger charge is 2.14. The van der Waals surface area contributed by atoms with Crippen molar-refractivity contribution in [3.63, 3.8) is 0 Å². The lowest BCUT2D eigenvalue weighted by Gasteiger charge is -2.02. The highest BCUT2D eigenvalue weighted by atomic mass is 16.5. The molecule has 2 nitrogen and oxygen atoms in total. The molecular weight excluding hydrogens is 116 g/mol. The molecule has 0 unspecified atom stereocenters. The van der Waals surface area contributed by atoms with E-state index in [-0.39, 0.29) is 6.10 Å². The van der Waals surface area contributed by atoms with Crippen LogP contribution in [0.15, 0.2) is 0 Å². The first-order valence-corrected chi connectivity index (χ1v) is 3.23. The SMILES string of the molecule is OC#COC1CCCC1. The van der Waals surface area contributed by atoms with E-state index in [1.807, 2.05) is 0 Å². The fraction of sp³-hybridized carbons (Fsp3) is 0.714. The standard InChI is InChI=1S/C7H10O2/c8-5-6-9-7-3-1-2-4-7/h7-8H,1-4H2. The summed E-state index contributed by atoms with van der Waals surface area (Å²) in [7, 11) is 0. The highest BCUT2D eigenvalue weighted by molar-refractivity contribution is 4.81. The predicted molar refractivity (Wildman–Crippen MR) is 33.1 cm³/mol. The van der Waals surface area contributed by atoms with Gasteiger partial charge in [0.2, 0.25) is 0 Å². The second kappa shape index (κ2) is 3.24. The van der Waals surface area contributed by atoms with Crippen molar-refractivity contribution in [1.82, 2.24) is 0 Å². The molecule has 1 aliphatic carbocycles. The molecule has 0 atom stereocenters. The second-order valence-electron chi connectivity index (χ2n) is 2.24. The Morgan fingerprint density at radius 2 is 2.00 bits per heavy atom. The van der Waals surface area contributed by atoms with Crippen molar-refractivity contribution in [3.8, 4) is 12.2 Å². The van der Waals surface area contributed by atoms with Gasteiger partial charge in [-0.15, -0.1) is 0 Å². The minimum absolute atomic E-state index is 0.282. The molecule has 0 heterocycles. The molecule has 50 valence electrons. The summed E-state index contributed by atoms with van der Waals surface area (Å²) in [6.45, 7) is 0. The average Bonchev–Trinajstić information content (AvgIpc) is 2.34. The first-order valence-electron chi connectivity index (χ1n) is 3.23. The summed E-state index contributed by atoms with van der Waals surface area (Å²) in [5.74, 6) is 0. The van der Waals surface area contributed by atoms with Crippen molar-refractivity contribution < 1.29 is 9.84 Å². The average molecular weight is 126 g/mol. The Balaban J connectivity index is 2.16. The van der Waals surface area contributed by atoms with E-state index in [0.717, 1.165) is 12.8 Å². The van der Waals surface area contributed by atoms with Crippen LogP contribution >= 0.6 is 0 Å². The first kappa shape index (κ1) is 6.28. The van der Waals surface area contributed by atoms with Gasteiger partial charge in [0.25, 0.3) is 0 Å². The van der Waals surface area contributed by atoms with Crippen LogP contribution in [0.1, 0.15) is 25.7 Å². The third-order valence-corrected chi connectivity index (χ3v) is 1.57. The van der Waals surface area contributed by atoms with Gasteiger partial charge in [0, 0.05) is 0 Å². The van der Waals surface area contributed by atoms with E-state index in [1.165, 1.54) is 12.8 Å². The van der Waals surface area contributed by atoms with Gasteiger partial charge < -0.3 is 9.84 Å². The molecule has 0 aromatic carbocycles. The molecule has 0 radical (unpaired) electrons. The maximum absolute atomic E-state index is 8.04. The molecule has 1 N–H and O–H groups in total. The molecule has 0 aliphatic heterocycles. The van der Waals surface area contributed by atoms with Gasteiger partial charge in [0.05, 0.1) is 0 Å². The van der Waals surface area contributed by atoms with Gasteiger partial charge in [-0.05, 0) is 25.7 Å². The van der Waals surface area contributed by atoms with Crippen LogP contribution in [-0.4, -0.2) is 11.2 Å². The van der Waals surface area contributed by atoms with Crippen LogP contribution in [0.4, 0.5) is 0 Å². The maximum Gasteiger partial charge on any atom is 0.155 e. The van der Waals surface area contributed by atoms with Gasteiger partial charge in [0.15, 0.2) is 12.2 Å². The Hall–Kier alpha value is -0.840. The fourth-order valence-electron chi connectivity index (χ4n) is 1.12. The zero-order valence-corrected chi connectivity index (χ0v) is 5.26. The summed E-state index contributed by atoms with van der Waals surface area (Å²) in [4.78, 5) is 0. The van der Waals surface area contributed by atoms with Gasteiger partial charge in [0.1, 0.15) is 6.10 Å². The van der Waals surface area contributed by atoms with Crippen LogP contribution < -0.4 is 0 Å². The normalized spacial score (nSPS) is 18.7. The largest absolute Gasteiger partial charge is 0.460 e. The van der Waals surface area contributed by atoms with Gasteiger partial charge >= 0.3 is 0 Å². The molecule has 0 saturated heterocycles. The van der Waals surface area contributed by atoms with E-state index in [2.05, 4.69) is 6.11 Å². The number of ether oxygens (including phenoxy) is 1. The van der Waals surface area contributed by atoms with E-state index in [1.54, 1.807) is 6.11 Å². The van der Waals surface area contributed by atoms with Crippen molar-refractivity contribution in [2.75, 3.05) is 0 Å². The van der Waals surface area contributed by atoms with E-state index >= 15 is 0 Å². The van der Waals surface area contributed by atoms with Gasteiger partial charge in [-0.2, -0.15) is 0 Å². The van der Waals surface area contributed by atoms with Crippen molar-refractivity contribution in [2.45, 2.75) is 31.8 Å². The lowest BCUT2D eigenvalue weighted by molar-refractivity contribution is 0.171. The zero-order valence-electron chi connectivity index (χ0n) is 5.26. The zero-order chi connectivity index (χ0) is 6.53. The van der Waals surface area contributed by atoms with Crippen molar-refractivity contribution in [1.29, 1.82) is 0 Å². The molecule has 2 heteroatoms. The van der Waals surface area contributed by atoms with Gasteiger partial charge in [-0.3, -0.25) is 0 Å². The number of aliphatic hydroxyl groups is 1. The van der Waals surface area contributed by atoms with Crippen LogP contribution in [-0.2, 0) is 4.74 Å². The topological polar surface area (TPSA) is 29.5 Å². The number of hydrogen-bond donors (Lipinski definition) is 1. The molecular formula is C7H10O2. The predicted octanol–water partition coefficient (Wildman–Crippen LogP) is 1.24. The van der Waals surface area contributed by atoms with Crippen LogP contribution in [0.25, 0.3) is 0 Å². The van der Waals surface area contributed by atoms with Crippen LogP contribution in [0.3, 0.4) is 0 Å². The van der Waals surface area contributed by atoms with Crippen molar-refractivity contribution in [3.05, 3.63) is 0 Å². The Morgan fingerprint density at radius 1 is 1.33 bits per heavy atom. The lowest BCUT2D eigenvalue weighted by Crippen LogP contribution is -2.01. The van der Waals surface area contributed by atoms with E-state index in [9.17, 15) is 0 Å². The highest BCUT2D eigenvalue weighted by Crippen LogP contribution is 2.20. The quantitative estimate of drug-likeness (QED) is 0.535. The van der Waals surface area contributed by atoms with E-state index < -0.39 is 0 Å². The summed E-state index contributed by atoms with van der Waals surface area (Å²) in [5, 5.41) is 8.04. The summed E-state index contributed by atoms with van der Waals surface area (Å²) in [6, 6.07) is 0. The third kappa shape index (κ3) is 1.85. The van der Waals surface area contributed by atoms with E-state index in [4.69, 9.17) is 9.84 Å². The second-order valence-corrected chi connectivity index (χ2v) is 2.24. The van der Waals surface area contributed by atoms with Crippen LogP contribution in [0, 0.1) is 12.2 Å². The van der Waals surface area contributed by atoms with Crippen molar-refractivity contribution >= 4 is 0 Å². The summed E-state index contributed by atoms with van der Waals surface area (Å²) < 4.78 is 4.94. The Labute approximate surface area is 54.8 Å². The molecule has 0 aromatic rings. The fourth-order valence-corrected chi connectivity index (χ4v) is 1.12. The minimum atomic E-state index is 0.282. The Kier molecular flexibility index (Phi) is 2.26. The molecule has 0 bridgehead atoms. The van der Waals surface area contributed by atoms with Crippen LogP contribution in [0.5, 0.6) is 0 Å². The Morgan fingerprint density at radius 3 is 2.56 bits per heavy atom. The number of rotatable bonds is 1. The lowest BCUT2D eigenvalue weighted by atomic mass is 10.3. The van der Waals surface area contributed by atoms with Crippen LogP contribution in [0.2, 0.25) is 0 Å². The number of aliphatic hydroxyl groups excluding tert-OH is 1. The molecule has 1 rings (SSSR count). The maximum atomic E-state index is 8.04. The molecule has 1 aliphatic rings. The third-order valence-electron chi connectivity index (χ3n) is 1.57. The van der Waals surface area contributed by atoms with Gasteiger partial charge in [-0.1, -0.05) is 0 Å². The Bertz CT molecular complexity index is 126. The smallest absolute Gasteiger partial charge is 0.155 e. The monoisotopic (exact) mass is 126 g/mol. The number of hydrogen-bond acceptors (Lipinski definition) is 2. The minimum Gasteiger partial charge on any atom is -0.460 e. The summed E-state index contributed by atoms with van der Waals surface area (Å²) in [6.07, 6.45) is 8.85.